The molecular formula is C30H34N4O4. The van der Waals surface area contributed by atoms with Crippen LogP contribution in [0.4, 0.5) is 4.79 Å². The number of ether oxygens (including phenoxy) is 2. The first-order chi connectivity index (χ1) is 18.4. The molecule has 3 amide bonds. The minimum absolute atomic E-state index is 0.0169. The highest BCUT2D eigenvalue weighted by molar-refractivity contribution is 6.21. The molecule has 0 bridgehead atoms. The van der Waals surface area contributed by atoms with Gasteiger partial charge in [0.1, 0.15) is 5.41 Å². The zero-order valence-corrected chi connectivity index (χ0v) is 22.2. The van der Waals surface area contributed by atoms with Crippen LogP contribution in [0.15, 0.2) is 71.9 Å². The first-order valence-corrected chi connectivity index (χ1v) is 13.0. The van der Waals surface area contributed by atoms with Gasteiger partial charge in [-0.15, -0.1) is 0 Å². The second-order valence-corrected chi connectivity index (χ2v) is 10.0. The van der Waals surface area contributed by atoms with Crippen molar-refractivity contribution in [3.05, 3.63) is 83.5 Å². The Hall–Kier alpha value is -4.07. The number of carbonyl (C=O) groups excluding carboxylic acids is 2. The van der Waals surface area contributed by atoms with E-state index in [1.165, 1.54) is 5.01 Å². The van der Waals surface area contributed by atoms with Crippen molar-refractivity contribution in [2.75, 3.05) is 21.3 Å². The van der Waals surface area contributed by atoms with Crippen molar-refractivity contribution in [3.63, 3.8) is 0 Å². The summed E-state index contributed by atoms with van der Waals surface area (Å²) in [7, 11) is 4.75. The van der Waals surface area contributed by atoms with Gasteiger partial charge < -0.3 is 20.1 Å². The van der Waals surface area contributed by atoms with Crippen LogP contribution in [0.1, 0.15) is 42.4 Å². The third-order valence-electron chi connectivity index (χ3n) is 7.42. The van der Waals surface area contributed by atoms with Gasteiger partial charge in [-0.05, 0) is 49.4 Å². The molecule has 0 radical (unpaired) electrons. The van der Waals surface area contributed by atoms with Gasteiger partial charge >= 0.3 is 6.03 Å². The maximum absolute atomic E-state index is 14.1. The molecule has 198 valence electrons. The molecule has 1 saturated carbocycles. The predicted molar refractivity (Wildman–Crippen MR) is 147 cm³/mol. The van der Waals surface area contributed by atoms with Crippen molar-refractivity contribution in [1.82, 2.24) is 15.6 Å². The van der Waals surface area contributed by atoms with Crippen LogP contribution in [0.5, 0.6) is 11.5 Å². The Morgan fingerprint density at radius 3 is 2.29 bits per heavy atom. The summed E-state index contributed by atoms with van der Waals surface area (Å²) in [5.74, 6) is 0.971. The topological polar surface area (TPSA) is 92.3 Å². The Bertz CT molecular complexity index is 1300. The van der Waals surface area contributed by atoms with E-state index in [0.29, 0.717) is 23.6 Å². The highest BCUT2D eigenvalue weighted by Crippen LogP contribution is 2.41. The highest BCUT2D eigenvalue weighted by Gasteiger charge is 2.46. The number of methoxy groups -OCH3 is 2. The van der Waals surface area contributed by atoms with E-state index >= 15 is 0 Å². The lowest BCUT2D eigenvalue weighted by atomic mass is 9.72. The average Bonchev–Trinajstić information content (AvgIpc) is 3.78. The Labute approximate surface area is 223 Å². The molecule has 1 unspecified atom stereocenters. The number of nitrogens with one attached hydrogen (secondary N) is 2. The van der Waals surface area contributed by atoms with Gasteiger partial charge in [-0.1, -0.05) is 54.6 Å². The SMILES string of the molecule is CNC(=O)N1N=C(C2(C(=O)NC3CC3)C=CC(c3ccccc3)C=C2)c2cc(OC)c(OC)cc2CC1C. The fourth-order valence-electron chi connectivity index (χ4n) is 5.12. The van der Waals surface area contributed by atoms with Crippen LogP contribution in [0.3, 0.4) is 0 Å². The molecule has 0 saturated heterocycles. The van der Waals surface area contributed by atoms with E-state index in [4.69, 9.17) is 14.6 Å². The number of urea groups is 1. The summed E-state index contributed by atoms with van der Waals surface area (Å²) in [6.07, 6.45) is 10.4. The molecule has 2 N–H and O–H groups in total. The lowest BCUT2D eigenvalue weighted by Gasteiger charge is -2.33. The molecule has 5 rings (SSSR count). The van der Waals surface area contributed by atoms with Crippen LogP contribution >= 0.6 is 0 Å². The van der Waals surface area contributed by atoms with Crippen molar-refractivity contribution in [2.24, 2.45) is 10.5 Å². The number of hydrogen-bond acceptors (Lipinski definition) is 5. The Morgan fingerprint density at radius 2 is 1.68 bits per heavy atom. The van der Waals surface area contributed by atoms with Crippen molar-refractivity contribution in [1.29, 1.82) is 0 Å². The average molecular weight is 515 g/mol. The molecule has 2 aromatic rings. The number of carbonyl (C=O) groups is 2. The van der Waals surface area contributed by atoms with Gasteiger partial charge in [0.2, 0.25) is 5.91 Å². The van der Waals surface area contributed by atoms with Gasteiger partial charge in [0.15, 0.2) is 11.5 Å². The van der Waals surface area contributed by atoms with Gasteiger partial charge in [0.25, 0.3) is 0 Å². The van der Waals surface area contributed by atoms with Crippen LogP contribution in [0.2, 0.25) is 0 Å². The van der Waals surface area contributed by atoms with Crippen LogP contribution in [0, 0.1) is 5.41 Å². The fourth-order valence-corrected chi connectivity index (χ4v) is 5.12. The maximum atomic E-state index is 14.1. The lowest BCUT2D eigenvalue weighted by molar-refractivity contribution is -0.124. The summed E-state index contributed by atoms with van der Waals surface area (Å²) in [5, 5.41) is 12.2. The Morgan fingerprint density at radius 1 is 1.03 bits per heavy atom. The van der Waals surface area contributed by atoms with E-state index in [0.717, 1.165) is 29.5 Å². The standard InChI is InChI=1S/C30H34N4O4/c1-19-16-22-17-25(37-3)26(38-4)18-24(22)27(33-34(19)29(36)31-2)30(28(35)32-23-10-11-23)14-12-21(13-15-30)20-8-6-5-7-9-20/h5-9,12-15,17-19,21,23H,10-11,16H2,1-4H3,(H,31,36)(H,32,35). The molecule has 0 aromatic heterocycles. The monoisotopic (exact) mass is 514 g/mol. The number of benzene rings is 2. The molecule has 2 aromatic carbocycles. The summed E-state index contributed by atoms with van der Waals surface area (Å²) >= 11 is 0. The second-order valence-electron chi connectivity index (χ2n) is 10.0. The van der Waals surface area contributed by atoms with Crippen LogP contribution in [-0.4, -0.2) is 56.0 Å². The van der Waals surface area contributed by atoms with Crippen LogP contribution in [-0.2, 0) is 11.2 Å². The zero-order chi connectivity index (χ0) is 26.9. The van der Waals surface area contributed by atoms with Gasteiger partial charge in [-0.3, -0.25) is 4.79 Å². The normalized spacial score (nSPS) is 24.1. The largest absolute Gasteiger partial charge is 0.493 e. The van der Waals surface area contributed by atoms with E-state index in [9.17, 15) is 9.59 Å². The minimum atomic E-state index is -1.22. The Balaban J connectivity index is 1.70. The van der Waals surface area contributed by atoms with E-state index in [1.807, 2.05) is 61.6 Å². The number of fused-ring (bicyclic) bond motifs is 1. The summed E-state index contributed by atoms with van der Waals surface area (Å²) < 4.78 is 11.2. The molecule has 1 atom stereocenters. The van der Waals surface area contributed by atoms with Gasteiger partial charge in [-0.25, -0.2) is 9.80 Å². The molecule has 0 spiro atoms. The molecule has 1 fully saturated rings. The number of rotatable bonds is 6. The number of hydrogen-bond donors (Lipinski definition) is 2. The van der Waals surface area contributed by atoms with Gasteiger partial charge in [0.05, 0.1) is 26.0 Å². The van der Waals surface area contributed by atoms with Crippen molar-refractivity contribution in [3.8, 4) is 11.5 Å². The van der Waals surface area contributed by atoms with Crippen molar-refractivity contribution in [2.45, 2.75) is 44.2 Å². The third-order valence-corrected chi connectivity index (χ3v) is 7.42. The molecule has 8 nitrogen and oxygen atoms in total. The molecule has 38 heavy (non-hydrogen) atoms. The first-order valence-electron chi connectivity index (χ1n) is 13.0. The third kappa shape index (κ3) is 4.66. The van der Waals surface area contributed by atoms with E-state index < -0.39 is 5.41 Å². The quantitative estimate of drug-likeness (QED) is 0.566. The summed E-state index contributed by atoms with van der Waals surface area (Å²) in [5.41, 5.74) is 2.05. The maximum Gasteiger partial charge on any atom is 0.337 e. The molecular weight excluding hydrogens is 480 g/mol. The van der Waals surface area contributed by atoms with Gasteiger partial charge in [0, 0.05) is 24.6 Å². The van der Waals surface area contributed by atoms with E-state index in [-0.39, 0.29) is 29.9 Å². The number of amides is 3. The van der Waals surface area contributed by atoms with Crippen LogP contribution in [0.25, 0.3) is 0 Å². The van der Waals surface area contributed by atoms with E-state index in [1.54, 1.807) is 21.3 Å². The number of allylic oxidation sites excluding steroid dienone is 2. The molecule has 1 heterocycles. The first kappa shape index (κ1) is 25.6. The predicted octanol–water partition coefficient (Wildman–Crippen LogP) is 4.17. The fraction of sp³-hybridized carbons (Fsp3) is 0.367. The van der Waals surface area contributed by atoms with Crippen molar-refractivity contribution >= 4 is 17.6 Å². The zero-order valence-electron chi connectivity index (χ0n) is 22.2. The number of nitrogens with zero attached hydrogens (tertiary/aromatic N) is 2. The minimum Gasteiger partial charge on any atom is -0.493 e. The smallest absolute Gasteiger partial charge is 0.337 e. The Kier molecular flexibility index (Phi) is 6.97. The second kappa shape index (κ2) is 10.4. The van der Waals surface area contributed by atoms with Gasteiger partial charge in [-0.2, -0.15) is 5.10 Å². The van der Waals surface area contributed by atoms with Crippen molar-refractivity contribution < 1.29 is 19.1 Å². The molecule has 1 aliphatic heterocycles. The van der Waals surface area contributed by atoms with E-state index in [2.05, 4.69) is 22.8 Å². The van der Waals surface area contributed by atoms with Crippen LogP contribution < -0.4 is 20.1 Å². The lowest BCUT2D eigenvalue weighted by Crippen LogP contribution is -2.48. The molecule has 8 heteroatoms. The summed E-state index contributed by atoms with van der Waals surface area (Å²) in [4.78, 5) is 27.0. The molecule has 3 aliphatic rings. The highest BCUT2D eigenvalue weighted by atomic mass is 16.5. The number of hydrazone groups is 1. The summed E-state index contributed by atoms with van der Waals surface area (Å²) in [6, 6.07) is 13.5. The molecule has 2 aliphatic carbocycles. The summed E-state index contributed by atoms with van der Waals surface area (Å²) in [6.45, 7) is 1.94.